The second-order valence-corrected chi connectivity index (χ2v) is 11.3. The fourth-order valence-electron chi connectivity index (χ4n) is 4.55. The number of benzene rings is 4. The van der Waals surface area contributed by atoms with Crippen molar-refractivity contribution in [2.24, 2.45) is 7.05 Å². The Bertz CT molecular complexity index is 1750. The minimum atomic E-state index is -0.624. The van der Waals surface area contributed by atoms with E-state index in [1.165, 1.54) is 16.4 Å². The molecule has 0 spiro atoms. The molecule has 0 aliphatic heterocycles. The molecular weight excluding hydrogens is 568 g/mol. The van der Waals surface area contributed by atoms with Crippen LogP contribution in [0.3, 0.4) is 0 Å². The number of amides is 2. The molecule has 0 bridgehead atoms. The van der Waals surface area contributed by atoms with Gasteiger partial charge in [0.2, 0.25) is 11.8 Å². The van der Waals surface area contributed by atoms with Gasteiger partial charge in [0, 0.05) is 22.7 Å². The normalized spacial score (nSPS) is 11.6. The highest BCUT2D eigenvalue weighted by Gasteiger charge is 2.26. The molecule has 1 atom stereocenters. The number of halogens is 1. The smallest absolute Gasteiger partial charge is 0.295 e. The van der Waals surface area contributed by atoms with Crippen molar-refractivity contribution < 1.29 is 9.59 Å². The standard InChI is InChI=1S/C33H29ClN4O3S/c1-22-30(33(41)38(37(22)2)27-11-7-4-8-12-27)36-32(40)31(24-9-5-3-6-10-24)42-28-19-17-26(18-20-28)35-29(39)21-23-13-15-25(34)16-14-23/h3-20,31H,21H2,1-2H3,(H,35,39)(H,36,40). The Kier molecular flexibility index (Phi) is 8.95. The molecule has 1 heterocycles. The number of anilines is 2. The van der Waals surface area contributed by atoms with Gasteiger partial charge in [-0.3, -0.25) is 19.1 Å². The van der Waals surface area contributed by atoms with Crippen LogP contribution in [0, 0.1) is 6.92 Å². The Labute approximate surface area is 253 Å². The summed E-state index contributed by atoms with van der Waals surface area (Å²) < 4.78 is 3.27. The molecule has 9 heteroatoms. The van der Waals surface area contributed by atoms with Crippen LogP contribution in [0.4, 0.5) is 11.4 Å². The average molecular weight is 597 g/mol. The first kappa shape index (κ1) is 29.0. The van der Waals surface area contributed by atoms with Gasteiger partial charge in [0.1, 0.15) is 10.9 Å². The fourth-order valence-corrected chi connectivity index (χ4v) is 5.70. The molecule has 7 nitrogen and oxygen atoms in total. The summed E-state index contributed by atoms with van der Waals surface area (Å²) in [5.74, 6) is -0.448. The maximum Gasteiger partial charge on any atom is 0.295 e. The van der Waals surface area contributed by atoms with E-state index in [2.05, 4.69) is 10.6 Å². The number of para-hydroxylation sites is 1. The third-order valence-corrected chi connectivity index (χ3v) is 8.33. The fraction of sp³-hybridized carbons (Fsp3) is 0.121. The van der Waals surface area contributed by atoms with Gasteiger partial charge in [-0.2, -0.15) is 0 Å². The minimum absolute atomic E-state index is 0.140. The van der Waals surface area contributed by atoms with Crippen LogP contribution in [0.5, 0.6) is 0 Å². The van der Waals surface area contributed by atoms with Crippen molar-refractivity contribution in [1.82, 2.24) is 9.36 Å². The molecule has 0 aliphatic rings. The first-order chi connectivity index (χ1) is 20.3. The lowest BCUT2D eigenvalue weighted by molar-refractivity contribution is -0.116. The van der Waals surface area contributed by atoms with E-state index in [4.69, 9.17) is 11.6 Å². The number of nitrogens with one attached hydrogen (secondary N) is 2. The highest BCUT2D eigenvalue weighted by molar-refractivity contribution is 8.00. The molecule has 0 radical (unpaired) electrons. The molecule has 4 aromatic carbocycles. The predicted molar refractivity (Wildman–Crippen MR) is 170 cm³/mol. The number of nitrogens with zero attached hydrogens (tertiary/aromatic N) is 2. The van der Waals surface area contributed by atoms with E-state index in [1.54, 1.807) is 30.8 Å². The lowest BCUT2D eigenvalue weighted by Gasteiger charge is -2.17. The molecule has 0 saturated heterocycles. The van der Waals surface area contributed by atoms with Gasteiger partial charge in [0.05, 0.1) is 17.8 Å². The van der Waals surface area contributed by atoms with Gasteiger partial charge in [-0.15, -0.1) is 11.8 Å². The van der Waals surface area contributed by atoms with Gasteiger partial charge < -0.3 is 10.6 Å². The van der Waals surface area contributed by atoms with Crippen LogP contribution in [0.25, 0.3) is 5.69 Å². The molecule has 1 unspecified atom stereocenters. The molecule has 0 aliphatic carbocycles. The summed E-state index contributed by atoms with van der Waals surface area (Å²) in [6.45, 7) is 1.81. The van der Waals surface area contributed by atoms with Crippen molar-refractivity contribution in [3.63, 3.8) is 0 Å². The number of carbonyl (C=O) groups excluding carboxylic acids is 2. The Hall–Kier alpha value is -4.53. The van der Waals surface area contributed by atoms with Crippen LogP contribution >= 0.6 is 23.4 Å². The Balaban J connectivity index is 1.33. The summed E-state index contributed by atoms with van der Waals surface area (Å²) in [5, 5.41) is 5.82. The zero-order chi connectivity index (χ0) is 29.6. The van der Waals surface area contributed by atoms with Crippen LogP contribution in [0.2, 0.25) is 5.02 Å². The first-order valence-electron chi connectivity index (χ1n) is 13.3. The maximum absolute atomic E-state index is 13.7. The van der Waals surface area contributed by atoms with Gasteiger partial charge >= 0.3 is 0 Å². The van der Waals surface area contributed by atoms with E-state index in [0.717, 1.165) is 16.0 Å². The van der Waals surface area contributed by atoms with Crippen molar-refractivity contribution in [2.75, 3.05) is 10.6 Å². The summed E-state index contributed by atoms with van der Waals surface area (Å²) >= 11 is 7.30. The molecule has 5 aromatic rings. The molecule has 2 N–H and O–H groups in total. The second kappa shape index (κ2) is 13.0. The third kappa shape index (κ3) is 6.67. The molecule has 5 rings (SSSR count). The Morgan fingerprint density at radius 2 is 1.45 bits per heavy atom. The zero-order valence-corrected chi connectivity index (χ0v) is 24.7. The molecule has 212 valence electrons. The largest absolute Gasteiger partial charge is 0.326 e. The number of rotatable bonds is 9. The van der Waals surface area contributed by atoms with Gasteiger partial charge in [-0.25, -0.2) is 4.68 Å². The van der Waals surface area contributed by atoms with E-state index < -0.39 is 5.25 Å². The molecular formula is C33H29ClN4O3S. The summed E-state index contributed by atoms with van der Waals surface area (Å²) in [6, 6.07) is 33.2. The molecule has 1 aromatic heterocycles. The molecule has 0 fully saturated rings. The molecule has 2 amide bonds. The topological polar surface area (TPSA) is 85.1 Å². The Morgan fingerprint density at radius 3 is 2.10 bits per heavy atom. The summed E-state index contributed by atoms with van der Waals surface area (Å²) in [7, 11) is 1.79. The first-order valence-corrected chi connectivity index (χ1v) is 14.6. The number of carbonyl (C=O) groups is 2. The predicted octanol–water partition coefficient (Wildman–Crippen LogP) is 6.79. The van der Waals surface area contributed by atoms with Crippen molar-refractivity contribution in [2.45, 2.75) is 23.5 Å². The van der Waals surface area contributed by atoms with Crippen molar-refractivity contribution >= 4 is 46.6 Å². The highest BCUT2D eigenvalue weighted by Crippen LogP contribution is 2.37. The van der Waals surface area contributed by atoms with Crippen LogP contribution in [-0.4, -0.2) is 21.2 Å². The van der Waals surface area contributed by atoms with Gasteiger partial charge in [0.25, 0.3) is 5.56 Å². The summed E-state index contributed by atoms with van der Waals surface area (Å²) in [4.78, 5) is 40.5. The van der Waals surface area contributed by atoms with Crippen molar-refractivity contribution in [1.29, 1.82) is 0 Å². The number of hydrogen-bond donors (Lipinski definition) is 2. The van der Waals surface area contributed by atoms with E-state index >= 15 is 0 Å². The van der Waals surface area contributed by atoms with Crippen LogP contribution in [0.15, 0.2) is 119 Å². The quantitative estimate of drug-likeness (QED) is 0.183. The Morgan fingerprint density at radius 1 is 0.833 bits per heavy atom. The SMILES string of the molecule is Cc1c(NC(=O)C(Sc2ccc(NC(=O)Cc3ccc(Cl)cc3)cc2)c2ccccc2)c(=O)n(-c2ccccc2)n1C. The van der Waals surface area contributed by atoms with E-state index in [0.29, 0.717) is 22.1 Å². The zero-order valence-electron chi connectivity index (χ0n) is 23.1. The average Bonchev–Trinajstić information content (AvgIpc) is 3.21. The van der Waals surface area contributed by atoms with Crippen LogP contribution < -0.4 is 16.2 Å². The van der Waals surface area contributed by atoms with Gasteiger partial charge in [0.15, 0.2) is 0 Å². The van der Waals surface area contributed by atoms with E-state index in [9.17, 15) is 14.4 Å². The number of thioether (sulfide) groups is 1. The van der Waals surface area contributed by atoms with Crippen molar-refractivity contribution in [3.05, 3.63) is 141 Å². The lowest BCUT2D eigenvalue weighted by atomic mass is 10.1. The van der Waals surface area contributed by atoms with Gasteiger partial charge in [-0.05, 0) is 66.6 Å². The summed E-state index contributed by atoms with van der Waals surface area (Å²) in [6.07, 6.45) is 0.231. The van der Waals surface area contributed by atoms with Crippen molar-refractivity contribution in [3.8, 4) is 5.69 Å². The maximum atomic E-state index is 13.7. The number of hydrogen-bond acceptors (Lipinski definition) is 4. The highest BCUT2D eigenvalue weighted by atomic mass is 35.5. The van der Waals surface area contributed by atoms with Crippen LogP contribution in [0.1, 0.15) is 22.1 Å². The monoisotopic (exact) mass is 596 g/mol. The van der Waals surface area contributed by atoms with Crippen LogP contribution in [-0.2, 0) is 23.1 Å². The van der Waals surface area contributed by atoms with Gasteiger partial charge in [-0.1, -0.05) is 72.3 Å². The molecule has 0 saturated carbocycles. The number of aromatic nitrogens is 2. The van der Waals surface area contributed by atoms with E-state index in [1.807, 2.05) is 97.1 Å². The minimum Gasteiger partial charge on any atom is -0.326 e. The third-order valence-electron chi connectivity index (χ3n) is 6.81. The molecule has 42 heavy (non-hydrogen) atoms. The lowest BCUT2D eigenvalue weighted by Crippen LogP contribution is -2.25. The van der Waals surface area contributed by atoms with E-state index in [-0.39, 0.29) is 29.5 Å². The second-order valence-electron chi connectivity index (χ2n) is 9.71. The summed E-state index contributed by atoms with van der Waals surface area (Å²) in [5.41, 5.74) is 3.62.